The standard InChI is InChI=1S/C19H30N2/c1-15-11-16(2)13-21(12-15)14-18-6-4-3-5-17(18)9-10-20-19-7-8-19/h3-6,15-16,19-20H,7-14H2,1-2H3. The molecule has 2 fully saturated rings. The highest BCUT2D eigenvalue weighted by Gasteiger charge is 2.22. The number of benzene rings is 1. The predicted octanol–water partition coefficient (Wildman–Crippen LogP) is 3.46. The summed E-state index contributed by atoms with van der Waals surface area (Å²) in [6.07, 6.45) is 5.32. The molecule has 2 heteroatoms. The van der Waals surface area contributed by atoms with Crippen molar-refractivity contribution in [3.8, 4) is 0 Å². The second kappa shape index (κ2) is 6.93. The van der Waals surface area contributed by atoms with Gasteiger partial charge in [-0.25, -0.2) is 0 Å². The van der Waals surface area contributed by atoms with Crippen molar-refractivity contribution in [2.75, 3.05) is 19.6 Å². The molecule has 3 rings (SSSR count). The summed E-state index contributed by atoms with van der Waals surface area (Å²) in [6.45, 7) is 9.59. The monoisotopic (exact) mass is 286 g/mol. The first-order valence-electron chi connectivity index (χ1n) is 8.73. The van der Waals surface area contributed by atoms with Crippen molar-refractivity contribution in [3.05, 3.63) is 35.4 Å². The van der Waals surface area contributed by atoms with Gasteiger partial charge < -0.3 is 5.32 Å². The Bertz CT molecular complexity index is 443. The predicted molar refractivity (Wildman–Crippen MR) is 89.4 cm³/mol. The maximum atomic E-state index is 3.64. The van der Waals surface area contributed by atoms with Crippen molar-refractivity contribution < 1.29 is 0 Å². The molecule has 1 aromatic carbocycles. The number of hydrogen-bond donors (Lipinski definition) is 1. The van der Waals surface area contributed by atoms with Gasteiger partial charge in [-0.05, 0) is 55.2 Å². The third kappa shape index (κ3) is 4.55. The lowest BCUT2D eigenvalue weighted by Crippen LogP contribution is -2.38. The van der Waals surface area contributed by atoms with E-state index in [4.69, 9.17) is 0 Å². The molecule has 1 heterocycles. The molecule has 116 valence electrons. The van der Waals surface area contributed by atoms with E-state index in [9.17, 15) is 0 Å². The van der Waals surface area contributed by atoms with Crippen LogP contribution in [0.4, 0.5) is 0 Å². The Morgan fingerprint density at radius 2 is 1.71 bits per heavy atom. The van der Waals surface area contributed by atoms with Gasteiger partial charge in [0.2, 0.25) is 0 Å². The number of nitrogens with one attached hydrogen (secondary N) is 1. The van der Waals surface area contributed by atoms with Gasteiger partial charge in [0.15, 0.2) is 0 Å². The molecule has 1 aromatic rings. The second-order valence-corrected chi connectivity index (χ2v) is 7.39. The number of hydrogen-bond acceptors (Lipinski definition) is 2. The highest BCUT2D eigenvalue weighted by Crippen LogP contribution is 2.23. The second-order valence-electron chi connectivity index (χ2n) is 7.39. The van der Waals surface area contributed by atoms with E-state index < -0.39 is 0 Å². The maximum Gasteiger partial charge on any atom is 0.0236 e. The summed E-state index contributed by atoms with van der Waals surface area (Å²) in [4.78, 5) is 2.66. The van der Waals surface area contributed by atoms with E-state index >= 15 is 0 Å². The summed E-state index contributed by atoms with van der Waals surface area (Å²) in [6, 6.07) is 9.86. The van der Waals surface area contributed by atoms with E-state index in [-0.39, 0.29) is 0 Å². The molecule has 1 aliphatic carbocycles. The molecule has 1 saturated carbocycles. The van der Waals surface area contributed by atoms with Crippen LogP contribution in [-0.4, -0.2) is 30.6 Å². The van der Waals surface area contributed by atoms with E-state index in [1.54, 1.807) is 0 Å². The lowest BCUT2D eigenvalue weighted by atomic mass is 9.91. The first-order chi connectivity index (χ1) is 10.2. The first kappa shape index (κ1) is 15.1. The topological polar surface area (TPSA) is 15.3 Å². The van der Waals surface area contributed by atoms with Gasteiger partial charge in [0.1, 0.15) is 0 Å². The van der Waals surface area contributed by atoms with Crippen LogP contribution in [0.15, 0.2) is 24.3 Å². The summed E-state index contributed by atoms with van der Waals surface area (Å²) >= 11 is 0. The van der Waals surface area contributed by atoms with Gasteiger partial charge in [0.25, 0.3) is 0 Å². The molecule has 21 heavy (non-hydrogen) atoms. The maximum absolute atomic E-state index is 3.64. The largest absolute Gasteiger partial charge is 0.314 e. The SMILES string of the molecule is CC1CC(C)CN(Cc2ccccc2CCNC2CC2)C1. The van der Waals surface area contributed by atoms with Gasteiger partial charge >= 0.3 is 0 Å². The molecule has 1 N–H and O–H groups in total. The summed E-state index contributed by atoms with van der Waals surface area (Å²) in [5.74, 6) is 1.69. The van der Waals surface area contributed by atoms with Crippen molar-refractivity contribution in [3.63, 3.8) is 0 Å². The van der Waals surface area contributed by atoms with Gasteiger partial charge in [-0.1, -0.05) is 38.1 Å². The highest BCUT2D eigenvalue weighted by molar-refractivity contribution is 5.27. The van der Waals surface area contributed by atoms with Crippen molar-refractivity contribution in [2.45, 2.75) is 52.1 Å². The van der Waals surface area contributed by atoms with Gasteiger partial charge in [0, 0.05) is 25.7 Å². The minimum absolute atomic E-state index is 0.820. The molecule has 0 radical (unpaired) electrons. The van der Waals surface area contributed by atoms with Crippen LogP contribution in [0.2, 0.25) is 0 Å². The molecule has 0 aromatic heterocycles. The zero-order valence-corrected chi connectivity index (χ0v) is 13.6. The first-order valence-corrected chi connectivity index (χ1v) is 8.73. The molecule has 2 aliphatic rings. The molecular formula is C19H30N2. The van der Waals surface area contributed by atoms with Crippen molar-refractivity contribution >= 4 is 0 Å². The zero-order valence-electron chi connectivity index (χ0n) is 13.6. The molecular weight excluding hydrogens is 256 g/mol. The van der Waals surface area contributed by atoms with Gasteiger partial charge in [-0.15, -0.1) is 0 Å². The number of rotatable bonds is 6. The lowest BCUT2D eigenvalue weighted by Gasteiger charge is -2.35. The van der Waals surface area contributed by atoms with Crippen LogP contribution in [0, 0.1) is 11.8 Å². The minimum atomic E-state index is 0.820. The highest BCUT2D eigenvalue weighted by atomic mass is 15.1. The Hall–Kier alpha value is -0.860. The van der Waals surface area contributed by atoms with Crippen LogP contribution in [-0.2, 0) is 13.0 Å². The summed E-state index contributed by atoms with van der Waals surface area (Å²) in [5, 5.41) is 3.64. The molecule has 0 amide bonds. The molecule has 2 nitrogen and oxygen atoms in total. The number of nitrogens with zero attached hydrogens (tertiary/aromatic N) is 1. The Kier molecular flexibility index (Phi) is 4.97. The minimum Gasteiger partial charge on any atom is -0.314 e. The quantitative estimate of drug-likeness (QED) is 0.861. The fourth-order valence-corrected chi connectivity index (χ4v) is 3.82. The molecule has 2 unspecified atom stereocenters. The number of likely N-dealkylation sites (tertiary alicyclic amines) is 1. The molecule has 1 saturated heterocycles. The fraction of sp³-hybridized carbons (Fsp3) is 0.684. The van der Waals surface area contributed by atoms with E-state index in [0.717, 1.165) is 31.0 Å². The van der Waals surface area contributed by atoms with Gasteiger partial charge in [-0.2, -0.15) is 0 Å². The smallest absolute Gasteiger partial charge is 0.0236 e. The average Bonchev–Trinajstić information content (AvgIpc) is 3.24. The van der Waals surface area contributed by atoms with Crippen LogP contribution in [0.1, 0.15) is 44.2 Å². The summed E-state index contributed by atoms with van der Waals surface area (Å²) < 4.78 is 0. The van der Waals surface area contributed by atoms with E-state index in [2.05, 4.69) is 48.3 Å². The Labute approximate surface area is 129 Å². The van der Waals surface area contributed by atoms with Crippen LogP contribution in [0.5, 0.6) is 0 Å². The van der Waals surface area contributed by atoms with Gasteiger partial charge in [0.05, 0.1) is 0 Å². The Morgan fingerprint density at radius 3 is 2.38 bits per heavy atom. The molecule has 2 atom stereocenters. The van der Waals surface area contributed by atoms with Crippen LogP contribution in [0.3, 0.4) is 0 Å². The normalized spacial score (nSPS) is 27.0. The van der Waals surface area contributed by atoms with Gasteiger partial charge in [-0.3, -0.25) is 4.90 Å². The zero-order chi connectivity index (χ0) is 14.7. The van der Waals surface area contributed by atoms with Crippen molar-refractivity contribution in [1.29, 1.82) is 0 Å². The Balaban J connectivity index is 1.58. The molecule has 0 bridgehead atoms. The van der Waals surface area contributed by atoms with Crippen molar-refractivity contribution in [1.82, 2.24) is 10.2 Å². The molecule has 0 spiro atoms. The van der Waals surface area contributed by atoms with E-state index in [1.807, 2.05) is 0 Å². The van der Waals surface area contributed by atoms with Crippen LogP contribution >= 0.6 is 0 Å². The fourth-order valence-electron chi connectivity index (χ4n) is 3.82. The molecule has 1 aliphatic heterocycles. The summed E-state index contributed by atoms with van der Waals surface area (Å²) in [7, 11) is 0. The van der Waals surface area contributed by atoms with E-state index in [0.29, 0.717) is 0 Å². The third-order valence-corrected chi connectivity index (χ3v) is 4.86. The summed E-state index contributed by atoms with van der Waals surface area (Å²) in [5.41, 5.74) is 3.08. The van der Waals surface area contributed by atoms with E-state index in [1.165, 1.54) is 49.9 Å². The lowest BCUT2D eigenvalue weighted by molar-refractivity contribution is 0.134. The van der Waals surface area contributed by atoms with Crippen LogP contribution < -0.4 is 5.32 Å². The third-order valence-electron chi connectivity index (χ3n) is 4.86. The Morgan fingerprint density at radius 1 is 1.05 bits per heavy atom. The average molecular weight is 286 g/mol. The van der Waals surface area contributed by atoms with Crippen LogP contribution in [0.25, 0.3) is 0 Å². The number of piperidine rings is 1. The van der Waals surface area contributed by atoms with Crippen molar-refractivity contribution in [2.24, 2.45) is 11.8 Å².